The van der Waals surface area contributed by atoms with Crippen LogP contribution in [0.15, 0.2) is 48.1 Å². The average molecular weight is 508 g/mol. The third kappa shape index (κ3) is 5.11. The smallest absolute Gasteiger partial charge is 0.399 e. The van der Waals surface area contributed by atoms with Crippen LogP contribution < -0.4 is 16.4 Å². The number of nitrogens with one attached hydrogen (secondary N) is 2. The highest BCUT2D eigenvalue weighted by Gasteiger charge is 2.31. The van der Waals surface area contributed by atoms with Gasteiger partial charge < -0.3 is 16.4 Å². The second kappa shape index (κ2) is 9.17. The Balaban J connectivity index is 1.39. The number of aromatic nitrogens is 2. The van der Waals surface area contributed by atoms with E-state index in [4.69, 9.17) is 5.73 Å². The van der Waals surface area contributed by atoms with Crippen LogP contribution in [0.3, 0.4) is 0 Å². The maximum Gasteiger partial charge on any atom is 0.416 e. The number of hydrogen-bond acceptors (Lipinski definition) is 6. The summed E-state index contributed by atoms with van der Waals surface area (Å²) in [6, 6.07) is 8.37. The molecule has 4 aromatic rings. The number of thiophene rings is 1. The summed E-state index contributed by atoms with van der Waals surface area (Å²) < 4.78 is 40.3. The molecule has 2 aromatic heterocycles. The van der Waals surface area contributed by atoms with Gasteiger partial charge in [0.1, 0.15) is 17.7 Å². The maximum absolute atomic E-state index is 13.1. The predicted octanol–water partition coefficient (Wildman–Crippen LogP) is 5.83. The number of amides is 1. The predicted molar refractivity (Wildman–Crippen MR) is 135 cm³/mol. The summed E-state index contributed by atoms with van der Waals surface area (Å²) in [5.41, 5.74) is 7.77. The molecule has 4 N–H and O–H groups in total. The first-order valence-corrected chi connectivity index (χ1v) is 12.0. The first-order chi connectivity index (χ1) is 17.2. The van der Waals surface area contributed by atoms with Crippen molar-refractivity contribution in [1.82, 2.24) is 9.97 Å². The molecular weight excluding hydrogens is 487 g/mol. The third-order valence-corrected chi connectivity index (χ3v) is 6.62. The number of carbonyl (C=O) groups is 1. The van der Waals surface area contributed by atoms with Crippen molar-refractivity contribution in [1.29, 1.82) is 0 Å². The van der Waals surface area contributed by atoms with Gasteiger partial charge in [-0.3, -0.25) is 4.79 Å². The highest BCUT2D eigenvalue weighted by molar-refractivity contribution is 7.18. The monoisotopic (exact) mass is 507 g/mol. The summed E-state index contributed by atoms with van der Waals surface area (Å²) in [6.45, 7) is 1.88. The number of halogens is 3. The van der Waals surface area contributed by atoms with Crippen LogP contribution in [0.1, 0.15) is 45.5 Å². The topological polar surface area (TPSA) is 92.9 Å². The molecule has 0 aliphatic heterocycles. The molecule has 0 saturated heterocycles. The number of aryl methyl sites for hydroxylation is 1. The Labute approximate surface area is 208 Å². The molecule has 182 valence electrons. The van der Waals surface area contributed by atoms with Crippen LogP contribution in [0.2, 0.25) is 0 Å². The van der Waals surface area contributed by atoms with E-state index in [-0.39, 0.29) is 11.3 Å². The Morgan fingerprint density at radius 2 is 1.89 bits per heavy atom. The van der Waals surface area contributed by atoms with Gasteiger partial charge in [-0.15, -0.1) is 11.3 Å². The zero-order valence-corrected chi connectivity index (χ0v) is 19.8. The summed E-state index contributed by atoms with van der Waals surface area (Å²) in [5.74, 6) is 6.39. The van der Waals surface area contributed by atoms with Gasteiger partial charge in [0.05, 0.1) is 15.8 Å². The van der Waals surface area contributed by atoms with Crippen molar-refractivity contribution < 1.29 is 18.0 Å². The number of benzene rings is 2. The highest BCUT2D eigenvalue weighted by Crippen LogP contribution is 2.33. The standard InChI is InChI=1S/C26H20F3N5OS/c1-14-2-5-21(34-25(35)17-8-18(26(27,28)29)11-19(30)9-17)10-15(14)3-4-16-12-36-23-22(16)31-13-32-24(23)33-20-6-7-20/h2,5,8-13,20H,6-7,30H2,1H3,(H,34,35)(H,31,32,33). The van der Waals surface area contributed by atoms with Crippen LogP contribution in [-0.2, 0) is 6.18 Å². The lowest BCUT2D eigenvalue weighted by molar-refractivity contribution is -0.137. The van der Waals surface area contributed by atoms with E-state index in [0.29, 0.717) is 17.3 Å². The van der Waals surface area contributed by atoms with Crippen molar-refractivity contribution in [2.24, 2.45) is 0 Å². The van der Waals surface area contributed by atoms with Gasteiger partial charge in [-0.25, -0.2) is 9.97 Å². The number of rotatable bonds is 4. The molecule has 0 atom stereocenters. The van der Waals surface area contributed by atoms with Gasteiger partial charge in [0.2, 0.25) is 0 Å². The molecule has 36 heavy (non-hydrogen) atoms. The lowest BCUT2D eigenvalue weighted by Gasteiger charge is -2.11. The van der Waals surface area contributed by atoms with E-state index < -0.39 is 17.6 Å². The molecule has 0 unspecified atom stereocenters. The Morgan fingerprint density at radius 1 is 1.11 bits per heavy atom. The molecule has 10 heteroatoms. The van der Waals surface area contributed by atoms with Gasteiger partial charge in [-0.1, -0.05) is 17.9 Å². The Bertz CT molecular complexity index is 1550. The van der Waals surface area contributed by atoms with Crippen LogP contribution in [0.25, 0.3) is 10.2 Å². The van der Waals surface area contributed by atoms with Gasteiger partial charge >= 0.3 is 6.18 Å². The second-order valence-corrected chi connectivity index (χ2v) is 9.42. The van der Waals surface area contributed by atoms with Crippen molar-refractivity contribution in [3.63, 3.8) is 0 Å². The minimum atomic E-state index is -4.61. The molecule has 5 rings (SSSR count). The van der Waals surface area contributed by atoms with Crippen molar-refractivity contribution in [2.75, 3.05) is 16.4 Å². The molecule has 1 fully saturated rings. The van der Waals surface area contributed by atoms with E-state index in [2.05, 4.69) is 32.4 Å². The van der Waals surface area contributed by atoms with E-state index >= 15 is 0 Å². The van der Waals surface area contributed by atoms with E-state index in [1.54, 1.807) is 18.2 Å². The molecule has 6 nitrogen and oxygen atoms in total. The quantitative estimate of drug-likeness (QED) is 0.239. The van der Waals surface area contributed by atoms with Gasteiger partial charge in [0.25, 0.3) is 5.91 Å². The molecule has 1 amide bonds. The number of nitrogens with zero attached hydrogens (tertiary/aromatic N) is 2. The minimum absolute atomic E-state index is 0.146. The molecule has 1 saturated carbocycles. The minimum Gasteiger partial charge on any atom is -0.399 e. The third-order valence-electron chi connectivity index (χ3n) is 5.64. The fourth-order valence-corrected chi connectivity index (χ4v) is 4.49. The van der Waals surface area contributed by atoms with Crippen LogP contribution >= 0.6 is 11.3 Å². The van der Waals surface area contributed by atoms with Crippen LogP contribution in [0.4, 0.5) is 30.4 Å². The molecular formula is C26H20F3N5OS. The molecule has 2 heterocycles. The van der Waals surface area contributed by atoms with E-state index in [1.165, 1.54) is 23.7 Å². The molecule has 0 spiro atoms. The lowest BCUT2D eigenvalue weighted by Crippen LogP contribution is -2.15. The van der Waals surface area contributed by atoms with E-state index in [0.717, 1.165) is 52.1 Å². The maximum atomic E-state index is 13.1. The Morgan fingerprint density at radius 3 is 2.64 bits per heavy atom. The zero-order chi connectivity index (χ0) is 25.4. The fraction of sp³-hybridized carbons (Fsp3) is 0.192. The lowest BCUT2D eigenvalue weighted by atomic mass is 10.1. The summed E-state index contributed by atoms with van der Waals surface area (Å²) in [5, 5.41) is 7.97. The van der Waals surface area contributed by atoms with Crippen LogP contribution in [0.5, 0.6) is 0 Å². The average Bonchev–Trinajstić information content (AvgIpc) is 3.55. The van der Waals surface area contributed by atoms with Gasteiger partial charge in [-0.05, 0) is 55.7 Å². The highest BCUT2D eigenvalue weighted by atomic mass is 32.1. The van der Waals surface area contributed by atoms with Gasteiger partial charge in [0.15, 0.2) is 0 Å². The molecule has 0 radical (unpaired) electrons. The first kappa shape index (κ1) is 23.6. The molecule has 2 aromatic carbocycles. The number of anilines is 3. The van der Waals surface area contributed by atoms with Gasteiger partial charge in [0, 0.05) is 33.9 Å². The number of hydrogen-bond donors (Lipinski definition) is 3. The number of nitrogens with two attached hydrogens (primary N) is 1. The van der Waals surface area contributed by atoms with E-state index in [9.17, 15) is 18.0 Å². The van der Waals surface area contributed by atoms with Crippen molar-refractivity contribution in [3.05, 3.63) is 75.9 Å². The largest absolute Gasteiger partial charge is 0.416 e. The number of fused-ring (bicyclic) bond motifs is 1. The Hall–Kier alpha value is -4.10. The normalized spacial score (nSPS) is 13.2. The van der Waals surface area contributed by atoms with Crippen molar-refractivity contribution in [2.45, 2.75) is 32.0 Å². The number of carbonyl (C=O) groups excluding carboxylic acids is 1. The summed E-state index contributed by atoms with van der Waals surface area (Å²) >= 11 is 1.53. The van der Waals surface area contributed by atoms with Gasteiger partial charge in [-0.2, -0.15) is 13.2 Å². The fourth-order valence-electron chi connectivity index (χ4n) is 3.58. The van der Waals surface area contributed by atoms with Crippen molar-refractivity contribution >= 4 is 44.7 Å². The van der Waals surface area contributed by atoms with Crippen molar-refractivity contribution in [3.8, 4) is 11.8 Å². The summed E-state index contributed by atoms with van der Waals surface area (Å²) in [4.78, 5) is 21.4. The Kier molecular flexibility index (Phi) is 6.02. The first-order valence-electron chi connectivity index (χ1n) is 11.1. The molecule has 1 aliphatic carbocycles. The summed E-state index contributed by atoms with van der Waals surface area (Å²) in [7, 11) is 0. The molecule has 1 aliphatic rings. The second-order valence-electron chi connectivity index (χ2n) is 8.54. The number of alkyl halides is 3. The SMILES string of the molecule is Cc1ccc(NC(=O)c2cc(N)cc(C(F)(F)F)c2)cc1C#Cc1csc2c(NC3CC3)ncnc12. The summed E-state index contributed by atoms with van der Waals surface area (Å²) in [6.07, 6.45) is -0.816. The van der Waals surface area contributed by atoms with Crippen LogP contribution in [-0.4, -0.2) is 21.9 Å². The molecule has 0 bridgehead atoms. The van der Waals surface area contributed by atoms with E-state index in [1.807, 2.05) is 12.3 Å². The zero-order valence-electron chi connectivity index (χ0n) is 19.0. The van der Waals surface area contributed by atoms with Crippen LogP contribution in [0, 0.1) is 18.8 Å². The number of nitrogen functional groups attached to an aromatic ring is 1.